The number of morpholine rings is 1. The molecule has 1 radical (unpaired) electrons. The Labute approximate surface area is 129 Å². The van der Waals surface area contributed by atoms with E-state index in [9.17, 15) is 4.79 Å². The second-order valence-corrected chi connectivity index (χ2v) is 7.16. The van der Waals surface area contributed by atoms with Crippen molar-refractivity contribution in [2.45, 2.75) is 0 Å². The molecule has 0 atom stereocenters. The van der Waals surface area contributed by atoms with Gasteiger partial charge in [0.05, 0.1) is 0 Å². The molecule has 0 amide bonds. The van der Waals surface area contributed by atoms with Gasteiger partial charge in [-0.15, -0.1) is 0 Å². The molecule has 7 heteroatoms. The molecule has 1 fully saturated rings. The first kappa shape index (κ1) is 14.2. The van der Waals surface area contributed by atoms with Gasteiger partial charge in [0.1, 0.15) is 0 Å². The fraction of sp³-hybridized carbons (Fsp3) is 0.286. The Morgan fingerprint density at radius 1 is 1.24 bits per heavy atom. The van der Waals surface area contributed by atoms with Crippen LogP contribution < -0.4 is 25.2 Å². The van der Waals surface area contributed by atoms with E-state index in [4.69, 9.17) is 10.5 Å². The van der Waals surface area contributed by atoms with Crippen LogP contribution in [0.2, 0.25) is 0 Å². The molecule has 0 bridgehead atoms. The number of hydrogen-bond acceptors (Lipinski definition) is 5. The van der Waals surface area contributed by atoms with Crippen LogP contribution in [0.1, 0.15) is 0 Å². The third-order valence-corrected chi connectivity index (χ3v) is 5.27. The van der Waals surface area contributed by atoms with Gasteiger partial charge in [-0.1, -0.05) is 0 Å². The van der Waals surface area contributed by atoms with E-state index in [2.05, 4.69) is 39.1 Å². The summed E-state index contributed by atoms with van der Waals surface area (Å²) in [6, 6.07) is 9.70. The van der Waals surface area contributed by atoms with Crippen LogP contribution in [-0.2, 0) is 4.74 Å². The summed E-state index contributed by atoms with van der Waals surface area (Å²) < 4.78 is 7.21. The van der Waals surface area contributed by atoms with Crippen LogP contribution in [0.4, 0.5) is 11.5 Å². The zero-order valence-electron chi connectivity index (χ0n) is 11.5. The molecule has 1 aliphatic heterocycles. The molecule has 1 aliphatic rings. The van der Waals surface area contributed by atoms with Crippen LogP contribution in [0.15, 0.2) is 35.1 Å². The van der Waals surface area contributed by atoms with Crippen LogP contribution in [0.25, 0.3) is 0 Å². The molecule has 0 spiro atoms. The number of aromatic amines is 1. The molecule has 1 saturated heterocycles. The van der Waals surface area contributed by atoms with Crippen molar-refractivity contribution in [3.8, 4) is 0 Å². The summed E-state index contributed by atoms with van der Waals surface area (Å²) in [7, 11) is 0. The summed E-state index contributed by atoms with van der Waals surface area (Å²) in [5.74, 6) is 0.272. The van der Waals surface area contributed by atoms with E-state index in [0.717, 1.165) is 26.3 Å². The summed E-state index contributed by atoms with van der Waals surface area (Å²) in [6.07, 6.45) is 0. The van der Waals surface area contributed by atoms with Gasteiger partial charge in [0, 0.05) is 0 Å². The first-order valence-corrected chi connectivity index (χ1v) is 8.60. The second kappa shape index (κ2) is 6.33. The van der Waals surface area contributed by atoms with Crippen LogP contribution in [0.5, 0.6) is 0 Å². The molecular formula is C14H16AsN4O2. The van der Waals surface area contributed by atoms with E-state index in [1.165, 1.54) is 16.1 Å². The number of nitrogens with zero attached hydrogens (tertiary/aromatic N) is 2. The van der Waals surface area contributed by atoms with Crippen LogP contribution >= 0.6 is 0 Å². The van der Waals surface area contributed by atoms with E-state index in [1.54, 1.807) is 0 Å². The van der Waals surface area contributed by atoms with Gasteiger partial charge in [-0.2, -0.15) is 0 Å². The summed E-state index contributed by atoms with van der Waals surface area (Å²) in [5.41, 5.74) is 6.61. The monoisotopic (exact) mass is 347 g/mol. The molecule has 21 heavy (non-hydrogen) atoms. The zero-order chi connectivity index (χ0) is 14.7. The van der Waals surface area contributed by atoms with Gasteiger partial charge in [-0.3, -0.25) is 0 Å². The minimum absolute atomic E-state index is 0.197. The number of hydrogen-bond donors (Lipinski definition) is 2. The Morgan fingerprint density at radius 2 is 1.95 bits per heavy atom. The summed E-state index contributed by atoms with van der Waals surface area (Å²) >= 11 is -0.366. The van der Waals surface area contributed by atoms with E-state index >= 15 is 0 Å². The van der Waals surface area contributed by atoms with Crippen molar-refractivity contribution in [1.29, 1.82) is 0 Å². The van der Waals surface area contributed by atoms with Crippen molar-refractivity contribution in [2.75, 3.05) is 36.9 Å². The molecule has 109 valence electrons. The molecule has 0 aliphatic carbocycles. The Bertz CT molecular complexity index is 665. The third kappa shape index (κ3) is 3.65. The topological polar surface area (TPSA) is 84.2 Å². The summed E-state index contributed by atoms with van der Waals surface area (Å²) in [6.45, 7) is 3.42. The van der Waals surface area contributed by atoms with E-state index in [0.29, 0.717) is 4.61 Å². The quantitative estimate of drug-likeness (QED) is 0.685. The fourth-order valence-corrected chi connectivity index (χ4v) is 4.03. The first-order chi connectivity index (χ1) is 10.2. The molecule has 0 unspecified atom stereocenters. The maximum atomic E-state index is 11.4. The first-order valence-electron chi connectivity index (χ1n) is 6.72. The zero-order valence-corrected chi connectivity index (χ0v) is 13.3. The van der Waals surface area contributed by atoms with Gasteiger partial charge in [0.25, 0.3) is 0 Å². The predicted molar refractivity (Wildman–Crippen MR) is 83.8 cm³/mol. The summed E-state index contributed by atoms with van der Waals surface area (Å²) in [5, 5.41) is 0. The SMILES string of the molecule is Nc1cc(=O)[nH]c([As]c2ccc(N3CCOCC3)cc2)n1. The molecule has 6 nitrogen and oxygen atoms in total. The number of benzene rings is 1. The molecule has 2 aromatic rings. The molecule has 2 heterocycles. The average Bonchev–Trinajstić information content (AvgIpc) is 2.48. The number of rotatable bonds is 3. The molecule has 3 N–H and O–H groups in total. The van der Waals surface area contributed by atoms with Gasteiger partial charge in [0.2, 0.25) is 0 Å². The normalized spacial score (nSPS) is 15.7. The van der Waals surface area contributed by atoms with Crippen LogP contribution in [0.3, 0.4) is 0 Å². The average molecular weight is 347 g/mol. The number of ether oxygens (including phenoxy) is 1. The van der Waals surface area contributed by atoms with Gasteiger partial charge < -0.3 is 0 Å². The third-order valence-electron chi connectivity index (χ3n) is 3.21. The van der Waals surface area contributed by atoms with Crippen molar-refractivity contribution in [2.24, 2.45) is 0 Å². The van der Waals surface area contributed by atoms with Crippen molar-refractivity contribution in [3.05, 3.63) is 40.7 Å². The van der Waals surface area contributed by atoms with Gasteiger partial charge in [0.15, 0.2) is 0 Å². The second-order valence-electron chi connectivity index (χ2n) is 4.72. The molecule has 3 rings (SSSR count). The Balaban J connectivity index is 1.73. The number of nitrogens with one attached hydrogen (secondary N) is 1. The number of aromatic nitrogens is 2. The number of nitrogen functional groups attached to an aromatic ring is 1. The van der Waals surface area contributed by atoms with Gasteiger partial charge in [-0.25, -0.2) is 0 Å². The minimum atomic E-state index is -0.366. The Hall–Kier alpha value is -1.78. The Morgan fingerprint density at radius 3 is 2.62 bits per heavy atom. The van der Waals surface area contributed by atoms with Gasteiger partial charge >= 0.3 is 129 Å². The summed E-state index contributed by atoms with van der Waals surface area (Å²) in [4.78, 5) is 20.6. The Kier molecular flexibility index (Phi) is 4.27. The standard InChI is InChI=1S/C14H16AsN4O2/c16-12-9-13(20)18-14(17-12)15-10-1-3-11(4-2-10)19-5-7-21-8-6-19/h1-4,9H,5-8H2,(H3,16,17,18,20). The molecule has 1 aromatic carbocycles. The number of anilines is 2. The molecular weight excluding hydrogens is 331 g/mol. The van der Waals surface area contributed by atoms with E-state index in [1.807, 2.05) is 0 Å². The number of nitrogens with two attached hydrogens (primary N) is 1. The molecule has 0 saturated carbocycles. The predicted octanol–water partition coefficient (Wildman–Crippen LogP) is -1.16. The van der Waals surface area contributed by atoms with Crippen LogP contribution in [-0.4, -0.2) is 52.0 Å². The van der Waals surface area contributed by atoms with Crippen molar-refractivity contribution < 1.29 is 4.74 Å². The number of H-pyrrole nitrogens is 1. The maximum absolute atomic E-state index is 11.4. The van der Waals surface area contributed by atoms with E-state index < -0.39 is 0 Å². The van der Waals surface area contributed by atoms with E-state index in [-0.39, 0.29) is 27.1 Å². The molecule has 1 aromatic heterocycles. The fourth-order valence-electron chi connectivity index (χ4n) is 2.20. The van der Waals surface area contributed by atoms with Crippen molar-refractivity contribution in [1.82, 2.24) is 9.97 Å². The van der Waals surface area contributed by atoms with Gasteiger partial charge in [-0.05, 0) is 0 Å². The van der Waals surface area contributed by atoms with Crippen molar-refractivity contribution >= 4 is 36.2 Å². The van der Waals surface area contributed by atoms with Crippen LogP contribution in [0, 0.1) is 0 Å². The van der Waals surface area contributed by atoms with Crippen molar-refractivity contribution in [3.63, 3.8) is 0 Å².